The van der Waals surface area contributed by atoms with Gasteiger partial charge in [-0.1, -0.05) is 0 Å². The van der Waals surface area contributed by atoms with E-state index in [0.29, 0.717) is 5.92 Å². The van der Waals surface area contributed by atoms with Crippen LogP contribution in [0.15, 0.2) is 0 Å². The van der Waals surface area contributed by atoms with E-state index in [2.05, 4.69) is 20.8 Å². The number of rotatable bonds is 2. The summed E-state index contributed by atoms with van der Waals surface area (Å²) >= 11 is 0. The van der Waals surface area contributed by atoms with Crippen molar-refractivity contribution in [3.8, 4) is 0 Å². The Balaban J connectivity index is 2.08. The largest absolute Gasteiger partial charge is 0.369 e. The van der Waals surface area contributed by atoms with E-state index in [9.17, 15) is 4.79 Å². The smallest absolute Gasteiger partial charge is 0.254 e. The summed E-state index contributed by atoms with van der Waals surface area (Å²) in [6, 6.07) is 0. The Morgan fingerprint density at radius 2 is 1.95 bits per heavy atom. The second-order valence-electron chi connectivity index (χ2n) is 7.63. The summed E-state index contributed by atoms with van der Waals surface area (Å²) in [4.78, 5) is 14.5. The van der Waals surface area contributed by atoms with Gasteiger partial charge < -0.3 is 14.4 Å². The number of amides is 1. The Kier molecular flexibility index (Phi) is 3.93. The van der Waals surface area contributed by atoms with E-state index >= 15 is 0 Å². The van der Waals surface area contributed by atoms with Crippen molar-refractivity contribution in [2.75, 3.05) is 20.2 Å². The van der Waals surface area contributed by atoms with Crippen molar-refractivity contribution in [2.24, 2.45) is 5.92 Å². The number of hydrogen-bond donors (Lipinski definition) is 0. The summed E-state index contributed by atoms with van der Waals surface area (Å²) in [5, 5.41) is 0. The van der Waals surface area contributed by atoms with Crippen molar-refractivity contribution < 1.29 is 14.3 Å². The highest BCUT2D eigenvalue weighted by atomic mass is 16.5. The van der Waals surface area contributed by atoms with Crippen LogP contribution in [0.5, 0.6) is 0 Å². The van der Waals surface area contributed by atoms with Crippen molar-refractivity contribution >= 4 is 5.91 Å². The molecule has 2 fully saturated rings. The Hall–Kier alpha value is -0.610. The summed E-state index contributed by atoms with van der Waals surface area (Å²) in [6.07, 6.45) is 3.09. The zero-order valence-electron chi connectivity index (χ0n) is 13.8. The maximum atomic E-state index is 12.5. The van der Waals surface area contributed by atoms with E-state index in [1.807, 2.05) is 18.7 Å². The van der Waals surface area contributed by atoms with Gasteiger partial charge >= 0.3 is 0 Å². The third-order valence-corrected chi connectivity index (χ3v) is 5.10. The van der Waals surface area contributed by atoms with Gasteiger partial charge in [-0.15, -0.1) is 0 Å². The van der Waals surface area contributed by atoms with Gasteiger partial charge in [-0.2, -0.15) is 0 Å². The molecule has 0 radical (unpaired) electrons. The first-order valence-electron chi connectivity index (χ1n) is 7.64. The molecule has 0 aromatic rings. The van der Waals surface area contributed by atoms with Crippen LogP contribution >= 0.6 is 0 Å². The van der Waals surface area contributed by atoms with Crippen LogP contribution in [0.4, 0.5) is 0 Å². The lowest BCUT2D eigenvalue weighted by atomic mass is 9.74. The standard InChI is InChI=1S/C16H29NO3/c1-14(2)8-7-12-11-17(10-9-16(12,5)20-14)13(18)15(3,4)19-6/h12H,7-11H2,1-6H3/t12-,16+/m0/s1. The molecular formula is C16H29NO3. The molecule has 2 aliphatic rings. The molecule has 20 heavy (non-hydrogen) atoms. The van der Waals surface area contributed by atoms with Gasteiger partial charge in [0.15, 0.2) is 0 Å². The fourth-order valence-electron chi connectivity index (χ4n) is 3.50. The maximum Gasteiger partial charge on any atom is 0.254 e. The summed E-state index contributed by atoms with van der Waals surface area (Å²) in [5.74, 6) is 0.521. The molecule has 0 bridgehead atoms. The van der Waals surface area contributed by atoms with Gasteiger partial charge in [-0.3, -0.25) is 4.79 Å². The number of hydrogen-bond acceptors (Lipinski definition) is 3. The Bertz CT molecular complexity index is 391. The SMILES string of the molecule is COC(C)(C)C(=O)N1CC[C@@]2(C)OC(C)(C)CC[C@H]2C1. The molecule has 2 rings (SSSR count). The van der Waals surface area contributed by atoms with Gasteiger partial charge in [0, 0.05) is 26.1 Å². The van der Waals surface area contributed by atoms with E-state index in [0.717, 1.165) is 32.4 Å². The minimum Gasteiger partial charge on any atom is -0.369 e. The Morgan fingerprint density at radius 3 is 2.55 bits per heavy atom. The molecule has 116 valence electrons. The summed E-state index contributed by atoms with van der Waals surface area (Å²) < 4.78 is 11.7. The lowest BCUT2D eigenvalue weighted by molar-refractivity contribution is -0.216. The van der Waals surface area contributed by atoms with Crippen LogP contribution in [-0.2, 0) is 14.3 Å². The normalized spacial score (nSPS) is 33.7. The first-order chi connectivity index (χ1) is 9.10. The van der Waals surface area contributed by atoms with Crippen LogP contribution in [0.25, 0.3) is 0 Å². The molecule has 2 atom stereocenters. The average Bonchev–Trinajstić information content (AvgIpc) is 2.35. The number of fused-ring (bicyclic) bond motifs is 1. The van der Waals surface area contributed by atoms with Gasteiger partial charge in [0.1, 0.15) is 5.60 Å². The number of carbonyl (C=O) groups excluding carboxylic acids is 1. The van der Waals surface area contributed by atoms with Crippen molar-refractivity contribution in [1.82, 2.24) is 4.90 Å². The fourth-order valence-corrected chi connectivity index (χ4v) is 3.50. The minimum absolute atomic E-state index is 0.0385. The second-order valence-corrected chi connectivity index (χ2v) is 7.63. The van der Waals surface area contributed by atoms with Crippen molar-refractivity contribution in [3.63, 3.8) is 0 Å². The highest BCUT2D eigenvalue weighted by Gasteiger charge is 2.49. The van der Waals surface area contributed by atoms with E-state index in [1.165, 1.54) is 0 Å². The first kappa shape index (κ1) is 15.8. The van der Waals surface area contributed by atoms with Crippen LogP contribution in [0.2, 0.25) is 0 Å². The number of carbonyl (C=O) groups is 1. The number of likely N-dealkylation sites (tertiary alicyclic amines) is 1. The highest BCUT2D eigenvalue weighted by molar-refractivity contribution is 5.84. The molecule has 1 amide bonds. The highest BCUT2D eigenvalue weighted by Crippen LogP contribution is 2.44. The van der Waals surface area contributed by atoms with Crippen LogP contribution in [-0.4, -0.2) is 47.8 Å². The molecule has 4 nitrogen and oxygen atoms in total. The molecular weight excluding hydrogens is 254 g/mol. The molecule has 0 aromatic heterocycles. The van der Waals surface area contributed by atoms with Gasteiger partial charge in [0.25, 0.3) is 5.91 Å². The molecule has 0 saturated carbocycles. The van der Waals surface area contributed by atoms with Crippen molar-refractivity contribution in [2.45, 2.75) is 70.7 Å². The molecule has 2 saturated heterocycles. The topological polar surface area (TPSA) is 38.8 Å². The van der Waals surface area contributed by atoms with E-state index < -0.39 is 5.60 Å². The van der Waals surface area contributed by atoms with Crippen molar-refractivity contribution in [1.29, 1.82) is 0 Å². The first-order valence-corrected chi connectivity index (χ1v) is 7.64. The summed E-state index contributed by atoms with van der Waals surface area (Å²) in [5.41, 5.74) is -0.860. The lowest BCUT2D eigenvalue weighted by Crippen LogP contribution is -2.60. The van der Waals surface area contributed by atoms with E-state index in [-0.39, 0.29) is 17.1 Å². The monoisotopic (exact) mass is 283 g/mol. The molecule has 0 aromatic carbocycles. The number of methoxy groups -OCH3 is 1. The van der Waals surface area contributed by atoms with Gasteiger partial charge in [0.2, 0.25) is 0 Å². The minimum atomic E-state index is -0.734. The second kappa shape index (κ2) is 4.99. The van der Waals surface area contributed by atoms with Crippen molar-refractivity contribution in [3.05, 3.63) is 0 Å². The molecule has 0 aliphatic carbocycles. The summed E-state index contributed by atoms with van der Waals surface area (Å²) in [7, 11) is 1.60. The Morgan fingerprint density at radius 1 is 1.30 bits per heavy atom. The van der Waals surface area contributed by atoms with Crippen LogP contribution in [0.3, 0.4) is 0 Å². The predicted molar refractivity (Wildman–Crippen MR) is 78.6 cm³/mol. The van der Waals surface area contributed by atoms with Gasteiger partial charge in [0.05, 0.1) is 11.2 Å². The third-order valence-electron chi connectivity index (χ3n) is 5.10. The zero-order chi connectivity index (χ0) is 15.2. The summed E-state index contributed by atoms with van der Waals surface area (Å²) in [6.45, 7) is 11.8. The zero-order valence-corrected chi connectivity index (χ0v) is 13.8. The molecule has 0 unspecified atom stereocenters. The number of nitrogens with zero attached hydrogens (tertiary/aromatic N) is 1. The third kappa shape index (κ3) is 2.86. The Labute approximate surface area is 122 Å². The predicted octanol–water partition coefficient (Wildman–Crippen LogP) is 2.61. The maximum absolute atomic E-state index is 12.5. The quantitative estimate of drug-likeness (QED) is 0.782. The van der Waals surface area contributed by atoms with Crippen LogP contribution < -0.4 is 0 Å². The van der Waals surface area contributed by atoms with E-state index in [1.54, 1.807) is 7.11 Å². The van der Waals surface area contributed by atoms with E-state index in [4.69, 9.17) is 9.47 Å². The van der Waals surface area contributed by atoms with Crippen LogP contribution in [0.1, 0.15) is 53.9 Å². The van der Waals surface area contributed by atoms with Gasteiger partial charge in [-0.05, 0) is 53.9 Å². The molecule has 4 heteroatoms. The fraction of sp³-hybridized carbons (Fsp3) is 0.938. The number of piperidine rings is 1. The van der Waals surface area contributed by atoms with Crippen LogP contribution in [0, 0.1) is 5.92 Å². The average molecular weight is 283 g/mol. The van der Waals surface area contributed by atoms with Gasteiger partial charge in [-0.25, -0.2) is 0 Å². The molecule has 0 spiro atoms. The number of ether oxygens (including phenoxy) is 2. The lowest BCUT2D eigenvalue weighted by Gasteiger charge is -2.53. The molecule has 0 N–H and O–H groups in total. The molecule has 2 heterocycles. The molecule has 2 aliphatic heterocycles.